The fraction of sp³-hybridized carbons (Fsp3) is 0.250. The summed E-state index contributed by atoms with van der Waals surface area (Å²) < 4.78 is 13.3. The molecule has 0 aliphatic heterocycles. The monoisotopic (exact) mass is 220 g/mol. The second-order valence-electron chi connectivity index (χ2n) is 3.49. The van der Waals surface area contributed by atoms with Crippen LogP contribution in [-0.2, 0) is 4.79 Å². The standard InChI is InChI=1S/C12H13FN2O/c1-3-4-10(14)12(16)15-11-7-8(2)5-6-9(11)13/h1,5-7,10H,4,14H2,2H3,(H,15,16). The first-order chi connectivity index (χ1) is 7.54. The molecule has 1 rings (SSSR count). The molecule has 0 spiro atoms. The van der Waals surface area contributed by atoms with E-state index in [1.165, 1.54) is 12.1 Å². The summed E-state index contributed by atoms with van der Waals surface area (Å²) in [5.74, 6) is 1.30. The lowest BCUT2D eigenvalue weighted by Gasteiger charge is -2.10. The summed E-state index contributed by atoms with van der Waals surface area (Å²) in [6, 6.07) is 3.63. The van der Waals surface area contributed by atoms with Gasteiger partial charge in [0.25, 0.3) is 0 Å². The van der Waals surface area contributed by atoms with Crippen LogP contribution in [0.3, 0.4) is 0 Å². The van der Waals surface area contributed by atoms with Gasteiger partial charge in [-0.2, -0.15) is 0 Å². The van der Waals surface area contributed by atoms with Gasteiger partial charge in [0.15, 0.2) is 0 Å². The Morgan fingerprint density at radius 3 is 3.00 bits per heavy atom. The van der Waals surface area contributed by atoms with Gasteiger partial charge in [0, 0.05) is 6.42 Å². The predicted molar refractivity (Wildman–Crippen MR) is 61.2 cm³/mol. The van der Waals surface area contributed by atoms with Crippen LogP contribution in [0.4, 0.5) is 10.1 Å². The first-order valence-electron chi connectivity index (χ1n) is 4.80. The molecule has 3 nitrogen and oxygen atoms in total. The highest BCUT2D eigenvalue weighted by Gasteiger charge is 2.13. The van der Waals surface area contributed by atoms with Crippen LogP contribution in [0, 0.1) is 25.1 Å². The van der Waals surface area contributed by atoms with Crippen LogP contribution in [0.1, 0.15) is 12.0 Å². The summed E-state index contributed by atoms with van der Waals surface area (Å²) in [4.78, 5) is 11.5. The number of terminal acetylenes is 1. The van der Waals surface area contributed by atoms with Gasteiger partial charge in [0.1, 0.15) is 5.82 Å². The lowest BCUT2D eigenvalue weighted by molar-refractivity contribution is -0.117. The van der Waals surface area contributed by atoms with E-state index < -0.39 is 17.8 Å². The maximum atomic E-state index is 13.3. The van der Waals surface area contributed by atoms with E-state index in [2.05, 4.69) is 11.2 Å². The predicted octanol–water partition coefficient (Wildman–Crippen LogP) is 1.42. The lowest BCUT2D eigenvalue weighted by atomic mass is 10.2. The molecule has 0 heterocycles. The third-order valence-corrected chi connectivity index (χ3v) is 2.05. The van der Waals surface area contributed by atoms with Crippen LogP contribution in [0.15, 0.2) is 18.2 Å². The highest BCUT2D eigenvalue weighted by molar-refractivity contribution is 5.95. The normalized spacial score (nSPS) is 11.6. The van der Waals surface area contributed by atoms with Crippen molar-refractivity contribution in [1.82, 2.24) is 0 Å². The minimum atomic E-state index is -0.815. The fourth-order valence-corrected chi connectivity index (χ4v) is 1.18. The Morgan fingerprint density at radius 1 is 1.69 bits per heavy atom. The lowest BCUT2D eigenvalue weighted by Crippen LogP contribution is -2.35. The number of anilines is 1. The molecule has 0 fully saturated rings. The van der Waals surface area contributed by atoms with Crippen molar-refractivity contribution < 1.29 is 9.18 Å². The van der Waals surface area contributed by atoms with Crippen LogP contribution in [0.2, 0.25) is 0 Å². The van der Waals surface area contributed by atoms with Gasteiger partial charge in [0.2, 0.25) is 5.91 Å². The second kappa shape index (κ2) is 5.29. The van der Waals surface area contributed by atoms with E-state index in [0.29, 0.717) is 0 Å². The van der Waals surface area contributed by atoms with Gasteiger partial charge in [-0.25, -0.2) is 4.39 Å². The molecular weight excluding hydrogens is 207 g/mol. The summed E-state index contributed by atoms with van der Waals surface area (Å²) in [5.41, 5.74) is 6.46. The summed E-state index contributed by atoms with van der Waals surface area (Å²) >= 11 is 0. The third kappa shape index (κ3) is 3.07. The molecule has 1 unspecified atom stereocenters. The number of rotatable bonds is 3. The van der Waals surface area contributed by atoms with Crippen molar-refractivity contribution in [3.63, 3.8) is 0 Å². The average molecular weight is 220 g/mol. The molecule has 1 amide bonds. The molecule has 84 valence electrons. The van der Waals surface area contributed by atoms with E-state index in [0.717, 1.165) is 5.56 Å². The summed E-state index contributed by atoms with van der Waals surface area (Å²) in [7, 11) is 0. The Labute approximate surface area is 93.8 Å². The molecule has 0 aliphatic rings. The smallest absolute Gasteiger partial charge is 0.242 e. The Hall–Kier alpha value is -1.86. The van der Waals surface area contributed by atoms with Gasteiger partial charge in [-0.15, -0.1) is 12.3 Å². The number of hydrogen-bond donors (Lipinski definition) is 2. The zero-order chi connectivity index (χ0) is 12.1. The maximum Gasteiger partial charge on any atom is 0.242 e. The van der Waals surface area contributed by atoms with E-state index in [4.69, 9.17) is 12.2 Å². The number of aryl methyl sites for hydroxylation is 1. The maximum absolute atomic E-state index is 13.3. The quantitative estimate of drug-likeness (QED) is 0.757. The number of halogens is 1. The van der Waals surface area contributed by atoms with Gasteiger partial charge in [-0.1, -0.05) is 6.07 Å². The largest absolute Gasteiger partial charge is 0.322 e. The Bertz CT molecular complexity index is 437. The molecular formula is C12H13FN2O. The van der Waals surface area contributed by atoms with E-state index in [1.807, 2.05) is 0 Å². The number of benzene rings is 1. The van der Waals surface area contributed by atoms with E-state index in [9.17, 15) is 9.18 Å². The Balaban J connectivity index is 2.77. The van der Waals surface area contributed by atoms with Gasteiger partial charge in [0.05, 0.1) is 11.7 Å². The molecule has 4 heteroatoms. The second-order valence-corrected chi connectivity index (χ2v) is 3.49. The van der Waals surface area contributed by atoms with E-state index in [-0.39, 0.29) is 12.1 Å². The van der Waals surface area contributed by atoms with Crippen molar-refractivity contribution in [2.45, 2.75) is 19.4 Å². The highest BCUT2D eigenvalue weighted by Crippen LogP contribution is 2.15. The number of hydrogen-bond acceptors (Lipinski definition) is 2. The average Bonchev–Trinajstić information content (AvgIpc) is 2.23. The number of carbonyl (C=O) groups is 1. The third-order valence-electron chi connectivity index (χ3n) is 2.05. The van der Waals surface area contributed by atoms with E-state index in [1.54, 1.807) is 13.0 Å². The summed E-state index contributed by atoms with van der Waals surface area (Å²) in [6.45, 7) is 1.80. The number of amides is 1. The molecule has 0 aromatic heterocycles. The first-order valence-corrected chi connectivity index (χ1v) is 4.80. The molecule has 0 aliphatic carbocycles. The van der Waals surface area contributed by atoms with Crippen LogP contribution in [0.5, 0.6) is 0 Å². The van der Waals surface area contributed by atoms with Crippen molar-refractivity contribution >= 4 is 11.6 Å². The molecule has 1 aromatic carbocycles. The molecule has 1 atom stereocenters. The van der Waals surface area contributed by atoms with Crippen LogP contribution in [0.25, 0.3) is 0 Å². The minimum Gasteiger partial charge on any atom is -0.322 e. The zero-order valence-corrected chi connectivity index (χ0v) is 8.96. The van der Waals surface area contributed by atoms with E-state index >= 15 is 0 Å². The van der Waals surface area contributed by atoms with Crippen LogP contribution in [-0.4, -0.2) is 11.9 Å². The number of nitrogens with one attached hydrogen (secondary N) is 1. The van der Waals surface area contributed by atoms with Crippen molar-refractivity contribution in [3.8, 4) is 12.3 Å². The van der Waals surface area contributed by atoms with Gasteiger partial charge >= 0.3 is 0 Å². The summed E-state index contributed by atoms with van der Waals surface area (Å²) in [5, 5.41) is 2.40. The molecule has 0 radical (unpaired) electrons. The van der Waals surface area contributed by atoms with Crippen LogP contribution < -0.4 is 11.1 Å². The molecule has 1 aromatic rings. The van der Waals surface area contributed by atoms with Crippen molar-refractivity contribution in [1.29, 1.82) is 0 Å². The summed E-state index contributed by atoms with van der Waals surface area (Å²) in [6.07, 6.45) is 5.15. The molecule has 3 N–H and O–H groups in total. The molecule has 0 bridgehead atoms. The molecule has 0 saturated heterocycles. The topological polar surface area (TPSA) is 55.1 Å². The minimum absolute atomic E-state index is 0.123. The SMILES string of the molecule is C#CCC(N)C(=O)Nc1cc(C)ccc1F. The zero-order valence-electron chi connectivity index (χ0n) is 8.96. The molecule has 0 saturated carbocycles. The van der Waals surface area contributed by atoms with Crippen LogP contribution >= 0.6 is 0 Å². The first kappa shape index (κ1) is 12.2. The van der Waals surface area contributed by atoms with Crippen molar-refractivity contribution in [3.05, 3.63) is 29.6 Å². The number of nitrogens with two attached hydrogens (primary N) is 1. The highest BCUT2D eigenvalue weighted by atomic mass is 19.1. The van der Waals surface area contributed by atoms with Gasteiger partial charge in [-0.3, -0.25) is 4.79 Å². The fourth-order valence-electron chi connectivity index (χ4n) is 1.18. The van der Waals surface area contributed by atoms with Crippen molar-refractivity contribution in [2.24, 2.45) is 5.73 Å². The van der Waals surface area contributed by atoms with Gasteiger partial charge in [-0.05, 0) is 24.6 Å². The Morgan fingerprint density at radius 2 is 2.38 bits per heavy atom. The van der Waals surface area contributed by atoms with Gasteiger partial charge < -0.3 is 11.1 Å². The molecule has 16 heavy (non-hydrogen) atoms. The number of carbonyl (C=O) groups excluding carboxylic acids is 1. The van der Waals surface area contributed by atoms with Crippen molar-refractivity contribution in [2.75, 3.05) is 5.32 Å². The Kier molecular flexibility index (Phi) is 4.03.